The highest BCUT2D eigenvalue weighted by molar-refractivity contribution is 9.10. The number of carbonyl (C=O) groups is 2. The summed E-state index contributed by atoms with van der Waals surface area (Å²) in [4.78, 5) is 25.2. The van der Waals surface area contributed by atoms with E-state index in [4.69, 9.17) is 13.0 Å². The Balaban J connectivity index is 1.94. The van der Waals surface area contributed by atoms with Gasteiger partial charge in [0.1, 0.15) is 5.78 Å². The quantitative estimate of drug-likeness (QED) is 0.265. The lowest BCUT2D eigenvalue weighted by Gasteiger charge is -2.16. The number of aliphatic hydroxyl groups excluding tert-OH is 1. The zero-order chi connectivity index (χ0) is 21.4. The van der Waals surface area contributed by atoms with Crippen LogP contribution in [0.25, 0.3) is 0 Å². The molecule has 1 aromatic heterocycles. The first-order valence-corrected chi connectivity index (χ1v) is 11.6. The molecule has 0 amide bonds. The number of aliphatic carboxylic acids is 1. The minimum atomic E-state index is -0.782. The second-order valence-corrected chi connectivity index (χ2v) is 9.77. The van der Waals surface area contributed by atoms with Crippen molar-refractivity contribution >= 4 is 46.9 Å². The number of carboxylic acid groups (broad SMARTS) is 1. The molecule has 1 aromatic rings. The Morgan fingerprint density at radius 2 is 2.14 bits per heavy atom. The SMILES string of the molecule is [B]C[C@@H]1CC(O)[C@H](CC=CCCCC(=O)O)C1=CCC(=O)Cc1cc(Br)c(C)s1. The molecule has 1 heterocycles. The largest absolute Gasteiger partial charge is 0.481 e. The van der Waals surface area contributed by atoms with Gasteiger partial charge >= 0.3 is 5.97 Å². The Hall–Kier alpha value is -1.18. The lowest BCUT2D eigenvalue weighted by Crippen LogP contribution is -2.13. The maximum absolute atomic E-state index is 12.5. The van der Waals surface area contributed by atoms with Gasteiger partial charge in [0.2, 0.25) is 0 Å². The third-order valence-electron chi connectivity index (χ3n) is 5.34. The summed E-state index contributed by atoms with van der Waals surface area (Å²) >= 11 is 5.12. The number of carbonyl (C=O) groups excluding carboxylic acids is 1. The van der Waals surface area contributed by atoms with Crippen LogP contribution >= 0.6 is 27.3 Å². The van der Waals surface area contributed by atoms with Crippen molar-refractivity contribution in [1.29, 1.82) is 0 Å². The Kier molecular flexibility index (Phi) is 9.86. The second kappa shape index (κ2) is 11.9. The summed E-state index contributed by atoms with van der Waals surface area (Å²) in [5.41, 5.74) is 1.09. The van der Waals surface area contributed by atoms with Crippen molar-refractivity contribution in [3.05, 3.63) is 44.1 Å². The van der Waals surface area contributed by atoms with Crippen molar-refractivity contribution in [2.24, 2.45) is 11.8 Å². The highest BCUT2D eigenvalue weighted by atomic mass is 79.9. The van der Waals surface area contributed by atoms with E-state index in [0.717, 1.165) is 14.9 Å². The second-order valence-electron chi connectivity index (χ2n) is 7.58. The summed E-state index contributed by atoms with van der Waals surface area (Å²) in [5.74, 6) is -0.534. The molecule has 3 atom stereocenters. The monoisotopic (exact) mass is 478 g/mol. The van der Waals surface area contributed by atoms with Gasteiger partial charge in [-0.1, -0.05) is 30.1 Å². The van der Waals surface area contributed by atoms with E-state index in [1.165, 1.54) is 4.88 Å². The number of carboxylic acids is 1. The number of hydrogen-bond acceptors (Lipinski definition) is 4. The summed E-state index contributed by atoms with van der Waals surface area (Å²) in [7, 11) is 5.91. The van der Waals surface area contributed by atoms with Gasteiger partial charge in [0.05, 0.1) is 14.0 Å². The fourth-order valence-electron chi connectivity index (χ4n) is 3.80. The van der Waals surface area contributed by atoms with Crippen molar-refractivity contribution in [1.82, 2.24) is 0 Å². The number of halogens is 1. The molecule has 4 nitrogen and oxygen atoms in total. The predicted octanol–water partition coefficient (Wildman–Crippen LogP) is 5.03. The topological polar surface area (TPSA) is 74.6 Å². The normalized spacial score (nSPS) is 23.3. The summed E-state index contributed by atoms with van der Waals surface area (Å²) < 4.78 is 1.04. The van der Waals surface area contributed by atoms with Gasteiger partial charge in [-0.05, 0) is 60.5 Å². The van der Waals surface area contributed by atoms with E-state index < -0.39 is 12.1 Å². The Bertz CT molecular complexity index is 751. The van der Waals surface area contributed by atoms with Crippen LogP contribution in [-0.2, 0) is 16.0 Å². The molecule has 0 saturated heterocycles. The molecule has 1 fully saturated rings. The summed E-state index contributed by atoms with van der Waals surface area (Å²) in [6.07, 6.45) is 9.55. The number of unbranched alkanes of at least 4 members (excludes halogenated alkanes) is 1. The molecular weight excluding hydrogens is 451 g/mol. The van der Waals surface area contributed by atoms with Crippen LogP contribution in [0.2, 0.25) is 6.32 Å². The zero-order valence-corrected chi connectivity index (χ0v) is 19.2. The average Bonchev–Trinajstić information content (AvgIpc) is 3.14. The summed E-state index contributed by atoms with van der Waals surface area (Å²) in [5, 5.41) is 19.1. The van der Waals surface area contributed by atoms with Crippen molar-refractivity contribution < 1.29 is 19.8 Å². The standard InChI is InChI=1S/C22H28BBrO4S/c1-14-20(24)12-17(29-14)11-16(25)8-9-18-15(13-23)10-21(26)19(18)6-4-2-3-5-7-22(27)28/h2,4,9,12,15,19,21,26H,3,5-8,10-11,13H2,1H3,(H,27,28)/t15-,19+,21?/m0/s1. The highest BCUT2D eigenvalue weighted by Gasteiger charge is 2.35. The van der Waals surface area contributed by atoms with Crippen LogP contribution < -0.4 is 0 Å². The van der Waals surface area contributed by atoms with Crippen molar-refractivity contribution in [3.63, 3.8) is 0 Å². The number of Topliss-reactive ketones (excluding diaryl/α,β-unsaturated/α-hetero) is 1. The summed E-state index contributed by atoms with van der Waals surface area (Å²) in [6.45, 7) is 2.02. The molecule has 0 spiro atoms. The van der Waals surface area contributed by atoms with Gasteiger partial charge in [0.15, 0.2) is 0 Å². The first kappa shape index (κ1) is 24.1. The highest BCUT2D eigenvalue weighted by Crippen LogP contribution is 2.41. The van der Waals surface area contributed by atoms with Crippen LogP contribution in [0.4, 0.5) is 0 Å². The van der Waals surface area contributed by atoms with Gasteiger partial charge < -0.3 is 10.2 Å². The number of thiophene rings is 1. The molecule has 29 heavy (non-hydrogen) atoms. The van der Waals surface area contributed by atoms with Gasteiger partial charge in [-0.2, -0.15) is 0 Å². The molecule has 2 N–H and O–H groups in total. The lowest BCUT2D eigenvalue weighted by molar-refractivity contribution is -0.137. The number of hydrogen-bond donors (Lipinski definition) is 2. The maximum Gasteiger partial charge on any atom is 0.303 e. The van der Waals surface area contributed by atoms with E-state index in [9.17, 15) is 14.7 Å². The smallest absolute Gasteiger partial charge is 0.303 e. The molecule has 7 heteroatoms. The van der Waals surface area contributed by atoms with Gasteiger partial charge in [0.25, 0.3) is 0 Å². The van der Waals surface area contributed by atoms with Crippen LogP contribution in [0, 0.1) is 18.8 Å². The van der Waals surface area contributed by atoms with Crippen LogP contribution in [0.1, 0.15) is 48.3 Å². The van der Waals surface area contributed by atoms with Gasteiger partial charge in [-0.25, -0.2) is 0 Å². The van der Waals surface area contributed by atoms with Gasteiger partial charge in [0, 0.05) is 39.4 Å². The van der Waals surface area contributed by atoms with Crippen LogP contribution in [0.5, 0.6) is 0 Å². The molecule has 2 radical (unpaired) electrons. The van der Waals surface area contributed by atoms with E-state index in [1.54, 1.807) is 11.3 Å². The number of rotatable bonds is 11. The minimum absolute atomic E-state index is 0.0230. The molecule has 1 aliphatic rings. The first-order valence-electron chi connectivity index (χ1n) is 10.0. The van der Waals surface area contributed by atoms with Crippen molar-refractivity contribution in [3.8, 4) is 0 Å². The fraction of sp³-hybridized carbons (Fsp3) is 0.545. The van der Waals surface area contributed by atoms with Gasteiger partial charge in [-0.15, -0.1) is 11.3 Å². The molecule has 0 bridgehead atoms. The third-order valence-corrected chi connectivity index (χ3v) is 7.47. The van der Waals surface area contributed by atoms with Crippen molar-refractivity contribution in [2.45, 2.75) is 64.3 Å². The first-order chi connectivity index (χ1) is 13.8. The van der Waals surface area contributed by atoms with Crippen LogP contribution in [0.15, 0.2) is 34.3 Å². The molecular formula is C22H28BBrO4S. The predicted molar refractivity (Wildman–Crippen MR) is 122 cm³/mol. The zero-order valence-electron chi connectivity index (χ0n) is 16.8. The van der Waals surface area contributed by atoms with E-state index >= 15 is 0 Å². The lowest BCUT2D eigenvalue weighted by atomic mass is 9.84. The molecule has 1 unspecified atom stereocenters. The van der Waals surface area contributed by atoms with E-state index in [0.29, 0.717) is 44.8 Å². The minimum Gasteiger partial charge on any atom is -0.481 e. The Labute approximate surface area is 186 Å². The number of aliphatic hydroxyl groups is 1. The average molecular weight is 479 g/mol. The van der Waals surface area contributed by atoms with Crippen LogP contribution in [0.3, 0.4) is 0 Å². The number of aryl methyl sites for hydroxylation is 1. The van der Waals surface area contributed by atoms with Crippen molar-refractivity contribution in [2.75, 3.05) is 0 Å². The van der Waals surface area contributed by atoms with E-state index in [1.807, 2.05) is 31.2 Å². The van der Waals surface area contributed by atoms with E-state index in [-0.39, 0.29) is 24.0 Å². The Morgan fingerprint density at radius 1 is 1.38 bits per heavy atom. The molecule has 1 saturated carbocycles. The maximum atomic E-state index is 12.5. The molecule has 156 valence electrons. The van der Waals surface area contributed by atoms with E-state index in [2.05, 4.69) is 15.9 Å². The number of ketones is 1. The third kappa shape index (κ3) is 7.54. The molecule has 1 aliphatic carbocycles. The summed E-state index contributed by atoms with van der Waals surface area (Å²) in [6, 6.07) is 2.00. The molecule has 2 rings (SSSR count). The Morgan fingerprint density at radius 3 is 2.76 bits per heavy atom. The van der Waals surface area contributed by atoms with Gasteiger partial charge in [-0.3, -0.25) is 9.59 Å². The fourth-order valence-corrected chi connectivity index (χ4v) is 5.43. The van der Waals surface area contributed by atoms with Crippen LogP contribution in [-0.4, -0.2) is 35.9 Å². The number of allylic oxidation sites excluding steroid dienone is 3. The molecule has 0 aliphatic heterocycles. The molecule has 0 aromatic carbocycles.